The van der Waals surface area contributed by atoms with Gasteiger partial charge in [0.25, 0.3) is 0 Å². The summed E-state index contributed by atoms with van der Waals surface area (Å²) in [4.78, 5) is 48.8. The molecule has 9 nitrogen and oxygen atoms in total. The second kappa shape index (κ2) is 15.0. The van der Waals surface area contributed by atoms with E-state index in [-0.39, 0.29) is 58.6 Å². The molecule has 14 atom stereocenters. The summed E-state index contributed by atoms with van der Waals surface area (Å²) in [6.07, 6.45) is 17.4. The van der Waals surface area contributed by atoms with Gasteiger partial charge < -0.3 is 24.1 Å². The highest BCUT2D eigenvalue weighted by Crippen LogP contribution is 2.71. The highest BCUT2D eigenvalue weighted by Gasteiger charge is 2.68. The lowest BCUT2D eigenvalue weighted by Gasteiger charge is -2.59. The van der Waals surface area contributed by atoms with Crippen molar-refractivity contribution in [3.05, 3.63) is 0 Å². The van der Waals surface area contributed by atoms with Crippen molar-refractivity contribution in [3.8, 4) is 0 Å². The number of hydrogen-bond donors (Lipinski definition) is 1. The molecule has 11 aliphatic rings. The van der Waals surface area contributed by atoms with E-state index in [4.69, 9.17) is 18.9 Å². The zero-order valence-electron chi connectivity index (χ0n) is 38.2. The van der Waals surface area contributed by atoms with Gasteiger partial charge in [0.2, 0.25) is 0 Å². The third kappa shape index (κ3) is 7.41. The molecule has 0 aromatic rings. The third-order valence-corrected chi connectivity index (χ3v) is 19.0. The maximum Gasteiger partial charge on any atom is 0.312 e. The Morgan fingerprint density at radius 3 is 1.83 bits per heavy atom. The topological polar surface area (TPSA) is 125 Å². The van der Waals surface area contributed by atoms with Crippen molar-refractivity contribution in [2.75, 3.05) is 0 Å². The molecule has 10 saturated carbocycles. The van der Waals surface area contributed by atoms with Gasteiger partial charge in [0.15, 0.2) is 0 Å². The molecule has 59 heavy (non-hydrogen) atoms. The summed E-state index contributed by atoms with van der Waals surface area (Å²) in [6, 6.07) is 0. The molecule has 11 rings (SSSR count). The molecular weight excluding hydrogens is 745 g/mol. The van der Waals surface area contributed by atoms with Crippen LogP contribution in [0.3, 0.4) is 0 Å². The van der Waals surface area contributed by atoms with Crippen LogP contribution in [0.25, 0.3) is 0 Å². The number of hydrogen-bond acceptors (Lipinski definition) is 9. The number of carbonyl (C=O) groups is 4. The van der Waals surface area contributed by atoms with Gasteiger partial charge in [-0.1, -0.05) is 27.7 Å². The molecule has 1 N–H and O–H groups in total. The van der Waals surface area contributed by atoms with E-state index in [0.29, 0.717) is 36.0 Å². The molecule has 0 amide bonds. The van der Waals surface area contributed by atoms with Crippen LogP contribution in [0.5, 0.6) is 0 Å². The van der Waals surface area contributed by atoms with Gasteiger partial charge in [-0.2, -0.15) is 0 Å². The fourth-order valence-electron chi connectivity index (χ4n) is 15.0. The second-order valence-corrected chi connectivity index (χ2v) is 23.8. The predicted molar refractivity (Wildman–Crippen MR) is 223 cm³/mol. The first-order valence-electron chi connectivity index (χ1n) is 24.2. The molecule has 1 saturated heterocycles. The standard InChI is InChI=1S/C20H32O2.C16H26O3.C14H20O4/c1-5-19(3,4)18(21)22-20(6-2)11-14-10-15(20)17-13-8-7-12(9-13)16(14)17;1-4-14(2,3)13(17)19-16-8-11-5-12(9-16)7-15(18,6-11)10-16;1-4-14(2,3)13(16)18-10-7-5-8-9(6-7)12(15)17-11(8)10/h12-17H,5-11H2,1-4H3;11-12,18H,4-10H2,1-3H3;7-11H,4-6H2,1-3H3. The highest BCUT2D eigenvalue weighted by molar-refractivity contribution is 5.79. The van der Waals surface area contributed by atoms with E-state index in [2.05, 4.69) is 13.8 Å². The second-order valence-electron chi connectivity index (χ2n) is 23.8. The Morgan fingerprint density at radius 1 is 0.678 bits per heavy atom. The van der Waals surface area contributed by atoms with Crippen molar-refractivity contribution in [3.63, 3.8) is 0 Å². The number of aliphatic hydroxyl groups is 1. The summed E-state index contributed by atoms with van der Waals surface area (Å²) in [6.45, 7) is 20.1. The number of esters is 4. The van der Waals surface area contributed by atoms with Crippen molar-refractivity contribution >= 4 is 23.9 Å². The van der Waals surface area contributed by atoms with Crippen LogP contribution >= 0.6 is 0 Å². The molecule has 9 heteroatoms. The lowest BCUT2D eigenvalue weighted by molar-refractivity contribution is -0.225. The largest absolute Gasteiger partial charge is 0.459 e. The van der Waals surface area contributed by atoms with Crippen molar-refractivity contribution in [2.45, 2.75) is 207 Å². The Labute approximate surface area is 354 Å². The minimum Gasteiger partial charge on any atom is -0.459 e. The number of rotatable bonds is 10. The summed E-state index contributed by atoms with van der Waals surface area (Å²) in [7, 11) is 0. The van der Waals surface area contributed by atoms with Gasteiger partial charge in [-0.05, 0) is 186 Å². The molecule has 0 aromatic heterocycles. The summed E-state index contributed by atoms with van der Waals surface area (Å²) in [5.74, 6) is 6.89. The Hall–Kier alpha value is -2.16. The average molecular weight is 823 g/mol. The Bertz CT molecular complexity index is 1650. The SMILES string of the molecule is CCC(C)(C)C(=O)OC1(CC)CC2CC1C1C3CCC(C3)C21.CCC(C)(C)C(=O)OC12CC3CC(CC(O)(C3)C1)C2.CCC(C)(C)C(=O)OC1C2CC3C(=O)OC1C3C2. The molecule has 332 valence electrons. The molecule has 1 aliphatic heterocycles. The first kappa shape index (κ1) is 43.5. The van der Waals surface area contributed by atoms with E-state index < -0.39 is 16.4 Å². The van der Waals surface area contributed by atoms with Crippen LogP contribution in [0.4, 0.5) is 0 Å². The normalized spacial score (nSPS) is 45.0. The van der Waals surface area contributed by atoms with Gasteiger partial charge >= 0.3 is 23.9 Å². The van der Waals surface area contributed by atoms with Gasteiger partial charge in [0, 0.05) is 24.2 Å². The van der Waals surface area contributed by atoms with Crippen molar-refractivity contribution in [1.82, 2.24) is 0 Å². The van der Waals surface area contributed by atoms with Crippen LogP contribution in [0, 0.1) is 81.3 Å². The summed E-state index contributed by atoms with van der Waals surface area (Å²) in [5.41, 5.74) is -2.24. The Balaban J connectivity index is 0.000000124. The molecule has 10 aliphatic carbocycles. The van der Waals surface area contributed by atoms with Crippen LogP contribution in [0.1, 0.15) is 178 Å². The third-order valence-electron chi connectivity index (χ3n) is 19.0. The Kier molecular flexibility index (Phi) is 11.0. The number of carbonyl (C=O) groups excluding carboxylic acids is 4. The molecular formula is C50H78O9. The first-order valence-corrected chi connectivity index (χ1v) is 24.2. The van der Waals surface area contributed by atoms with Crippen molar-refractivity contribution < 1.29 is 43.2 Å². The van der Waals surface area contributed by atoms with Gasteiger partial charge in [-0.15, -0.1) is 0 Å². The van der Waals surface area contributed by atoms with Gasteiger partial charge in [-0.3, -0.25) is 19.2 Å². The minimum atomic E-state index is -0.555. The van der Waals surface area contributed by atoms with E-state index in [9.17, 15) is 24.3 Å². The summed E-state index contributed by atoms with van der Waals surface area (Å²) >= 11 is 0. The van der Waals surface area contributed by atoms with E-state index in [0.717, 1.165) is 100 Å². The maximum atomic E-state index is 12.7. The zero-order valence-corrected chi connectivity index (χ0v) is 38.2. The monoisotopic (exact) mass is 823 g/mol. The molecule has 11 fully saturated rings. The van der Waals surface area contributed by atoms with Crippen molar-refractivity contribution in [2.24, 2.45) is 81.3 Å². The lowest BCUT2D eigenvalue weighted by Crippen LogP contribution is -2.61. The fraction of sp³-hybridized carbons (Fsp3) is 0.920. The van der Waals surface area contributed by atoms with E-state index >= 15 is 0 Å². The van der Waals surface area contributed by atoms with Crippen LogP contribution in [-0.2, 0) is 38.1 Å². The first-order chi connectivity index (χ1) is 27.6. The minimum absolute atomic E-state index is 0.0455. The summed E-state index contributed by atoms with van der Waals surface area (Å²) < 4.78 is 23.3. The van der Waals surface area contributed by atoms with Crippen molar-refractivity contribution in [1.29, 1.82) is 0 Å². The zero-order chi connectivity index (χ0) is 42.7. The van der Waals surface area contributed by atoms with Gasteiger partial charge in [-0.25, -0.2) is 0 Å². The number of fused-ring (bicyclic) bond motifs is 10. The van der Waals surface area contributed by atoms with Crippen LogP contribution in [-0.4, -0.2) is 58.0 Å². The maximum absolute atomic E-state index is 12.7. The number of ether oxygens (including phenoxy) is 4. The lowest BCUT2D eigenvalue weighted by atomic mass is 9.52. The van der Waals surface area contributed by atoms with E-state index in [1.54, 1.807) is 0 Å². The highest BCUT2D eigenvalue weighted by atomic mass is 16.6. The summed E-state index contributed by atoms with van der Waals surface area (Å²) in [5, 5.41) is 10.6. The molecule has 0 spiro atoms. The molecule has 0 aromatic carbocycles. The van der Waals surface area contributed by atoms with E-state index in [1.165, 1.54) is 32.1 Å². The molecule has 14 unspecified atom stereocenters. The molecule has 0 radical (unpaired) electrons. The fourth-order valence-corrected chi connectivity index (χ4v) is 15.0. The van der Waals surface area contributed by atoms with Gasteiger partial charge in [0.05, 0.1) is 27.8 Å². The van der Waals surface area contributed by atoms with Gasteiger partial charge in [0.1, 0.15) is 23.4 Å². The quantitative estimate of drug-likeness (QED) is 0.130. The average Bonchev–Trinajstić information content (AvgIpc) is 4.04. The molecule has 1 heterocycles. The Morgan fingerprint density at radius 2 is 1.25 bits per heavy atom. The van der Waals surface area contributed by atoms with Crippen LogP contribution in [0.15, 0.2) is 0 Å². The smallest absolute Gasteiger partial charge is 0.312 e. The predicted octanol–water partition coefficient (Wildman–Crippen LogP) is 9.78. The van der Waals surface area contributed by atoms with E-state index in [1.807, 2.05) is 55.4 Å². The molecule has 10 bridgehead atoms. The van der Waals surface area contributed by atoms with Crippen LogP contribution < -0.4 is 0 Å². The van der Waals surface area contributed by atoms with Crippen LogP contribution in [0.2, 0.25) is 0 Å².